The summed E-state index contributed by atoms with van der Waals surface area (Å²) in [7, 11) is 1.81. The Kier molecular flexibility index (Phi) is 7.90. The average molecular weight is 518 g/mol. The Labute approximate surface area is 218 Å². The zero-order valence-corrected chi connectivity index (χ0v) is 21.0. The summed E-state index contributed by atoms with van der Waals surface area (Å²) in [6, 6.07) is 24.4. The first-order valence-electron chi connectivity index (χ1n) is 11.9. The topological polar surface area (TPSA) is 111 Å². The highest BCUT2D eigenvalue weighted by atomic mass is 32.2. The number of benzene rings is 3. The molecule has 190 valence electrons. The lowest BCUT2D eigenvalue weighted by atomic mass is 10.0. The van der Waals surface area contributed by atoms with Gasteiger partial charge in [0.15, 0.2) is 6.29 Å². The number of carbonyl (C=O) groups excluding carboxylic acids is 1. The second kappa shape index (κ2) is 11.7. The molecule has 2 heterocycles. The Morgan fingerprint density at radius 3 is 2.43 bits per heavy atom. The van der Waals surface area contributed by atoms with Crippen molar-refractivity contribution >= 4 is 23.4 Å². The van der Waals surface area contributed by atoms with E-state index in [1.165, 1.54) is 11.8 Å². The van der Waals surface area contributed by atoms with E-state index in [-0.39, 0.29) is 24.7 Å². The molecule has 1 aromatic heterocycles. The van der Waals surface area contributed by atoms with Crippen molar-refractivity contribution in [2.24, 2.45) is 7.05 Å². The number of hydrogen-bond acceptors (Lipinski definition) is 8. The molecule has 3 unspecified atom stereocenters. The van der Waals surface area contributed by atoms with Gasteiger partial charge < -0.3 is 19.9 Å². The number of hydrogen-bond donors (Lipinski definition) is 2. The van der Waals surface area contributed by atoms with E-state index in [0.717, 1.165) is 16.7 Å². The lowest BCUT2D eigenvalue weighted by Gasteiger charge is -2.36. The molecule has 0 saturated carbocycles. The molecule has 1 fully saturated rings. The third-order valence-corrected chi connectivity index (χ3v) is 7.21. The Balaban J connectivity index is 1.31. The van der Waals surface area contributed by atoms with Crippen LogP contribution < -0.4 is 5.32 Å². The number of tetrazole rings is 1. The zero-order chi connectivity index (χ0) is 25.6. The van der Waals surface area contributed by atoms with Gasteiger partial charge in [-0.15, -0.1) is 5.10 Å². The van der Waals surface area contributed by atoms with E-state index in [0.29, 0.717) is 28.6 Å². The van der Waals surface area contributed by atoms with Gasteiger partial charge in [0.1, 0.15) is 0 Å². The van der Waals surface area contributed by atoms with Crippen molar-refractivity contribution in [3.8, 4) is 0 Å². The Morgan fingerprint density at radius 1 is 1.03 bits per heavy atom. The fourth-order valence-electron chi connectivity index (χ4n) is 4.05. The maximum absolute atomic E-state index is 12.5. The second-order valence-corrected chi connectivity index (χ2v) is 9.68. The predicted octanol–water partition coefficient (Wildman–Crippen LogP) is 4.29. The molecule has 5 rings (SSSR count). The van der Waals surface area contributed by atoms with Crippen LogP contribution >= 0.6 is 11.8 Å². The summed E-state index contributed by atoms with van der Waals surface area (Å²) in [5.74, 6) is 0.491. The monoisotopic (exact) mass is 517 g/mol. The minimum atomic E-state index is -0.585. The number of anilines is 1. The molecule has 0 bridgehead atoms. The van der Waals surface area contributed by atoms with Crippen LogP contribution in [0, 0.1) is 0 Å². The van der Waals surface area contributed by atoms with E-state index in [9.17, 15) is 9.90 Å². The van der Waals surface area contributed by atoms with E-state index in [1.807, 2.05) is 66.7 Å². The number of aliphatic hydroxyl groups excluding tert-OH is 1. The highest BCUT2D eigenvalue weighted by Gasteiger charge is 2.32. The SMILES string of the molecule is Cn1nnnc1SCC1CC(c2ccc(CO)cc2)OC(c2ccc(NC(=O)c3ccccc3)cc2)O1. The lowest BCUT2D eigenvalue weighted by Crippen LogP contribution is -2.31. The minimum Gasteiger partial charge on any atom is -0.392 e. The van der Waals surface area contributed by atoms with Gasteiger partial charge in [0.05, 0.1) is 18.8 Å². The molecule has 0 spiro atoms. The van der Waals surface area contributed by atoms with E-state index in [4.69, 9.17) is 9.47 Å². The average Bonchev–Trinajstić information content (AvgIpc) is 3.37. The van der Waals surface area contributed by atoms with Crippen molar-refractivity contribution in [1.82, 2.24) is 20.2 Å². The van der Waals surface area contributed by atoms with Crippen molar-refractivity contribution in [3.63, 3.8) is 0 Å². The van der Waals surface area contributed by atoms with Crippen LogP contribution in [0.3, 0.4) is 0 Å². The van der Waals surface area contributed by atoms with Crippen molar-refractivity contribution in [3.05, 3.63) is 101 Å². The van der Waals surface area contributed by atoms with Crippen molar-refractivity contribution in [2.45, 2.75) is 36.7 Å². The van der Waals surface area contributed by atoms with Crippen LogP contribution in [-0.4, -0.2) is 43.1 Å². The molecular weight excluding hydrogens is 490 g/mol. The van der Waals surface area contributed by atoms with Gasteiger partial charge in [-0.3, -0.25) is 4.79 Å². The number of amides is 1. The van der Waals surface area contributed by atoms with Crippen molar-refractivity contribution in [2.75, 3.05) is 11.1 Å². The van der Waals surface area contributed by atoms with Gasteiger partial charge >= 0.3 is 0 Å². The first-order chi connectivity index (χ1) is 18.1. The van der Waals surface area contributed by atoms with Crippen LogP contribution in [0.4, 0.5) is 5.69 Å². The first-order valence-corrected chi connectivity index (χ1v) is 12.9. The molecule has 9 nitrogen and oxygen atoms in total. The van der Waals surface area contributed by atoms with Gasteiger partial charge in [-0.05, 0) is 45.8 Å². The van der Waals surface area contributed by atoms with Crippen LogP contribution in [-0.2, 0) is 23.1 Å². The van der Waals surface area contributed by atoms with Gasteiger partial charge in [0, 0.05) is 36.0 Å². The fraction of sp³-hybridized carbons (Fsp3) is 0.259. The quantitative estimate of drug-likeness (QED) is 0.333. The standard InChI is InChI=1S/C27H27N5O4S/c1-32-27(29-30-31-32)37-17-23-15-24(19-9-7-18(16-33)8-10-19)36-26(35-23)21-11-13-22(14-12-21)28-25(34)20-5-3-2-4-6-20/h2-14,23-24,26,33H,15-17H2,1H3,(H,28,34). The molecule has 3 atom stereocenters. The Bertz CT molecular complexity index is 1310. The molecule has 37 heavy (non-hydrogen) atoms. The van der Waals surface area contributed by atoms with Crippen LogP contribution in [0.2, 0.25) is 0 Å². The van der Waals surface area contributed by atoms with Crippen molar-refractivity contribution in [1.29, 1.82) is 0 Å². The highest BCUT2D eigenvalue weighted by molar-refractivity contribution is 7.99. The molecule has 10 heteroatoms. The summed E-state index contributed by atoms with van der Waals surface area (Å²) >= 11 is 1.53. The summed E-state index contributed by atoms with van der Waals surface area (Å²) in [6.45, 7) is -0.00427. The van der Waals surface area contributed by atoms with Crippen molar-refractivity contribution < 1.29 is 19.4 Å². The van der Waals surface area contributed by atoms with Crippen LogP contribution in [0.5, 0.6) is 0 Å². The lowest BCUT2D eigenvalue weighted by molar-refractivity contribution is -0.245. The third-order valence-electron chi connectivity index (χ3n) is 6.07. The number of aliphatic hydroxyl groups is 1. The molecule has 1 aliphatic rings. The number of nitrogens with one attached hydrogen (secondary N) is 1. The highest BCUT2D eigenvalue weighted by Crippen LogP contribution is 2.39. The number of rotatable bonds is 8. The van der Waals surface area contributed by atoms with Gasteiger partial charge in [-0.2, -0.15) is 0 Å². The molecule has 0 aliphatic carbocycles. The Hall–Kier alpha value is -3.57. The molecule has 1 aliphatic heterocycles. The molecule has 1 amide bonds. The van der Waals surface area contributed by atoms with Crippen LogP contribution in [0.25, 0.3) is 0 Å². The predicted molar refractivity (Wildman–Crippen MR) is 139 cm³/mol. The molecule has 0 radical (unpaired) electrons. The third kappa shape index (κ3) is 6.23. The summed E-state index contributed by atoms with van der Waals surface area (Å²) in [4.78, 5) is 12.5. The van der Waals surface area contributed by atoms with Gasteiger partial charge in [-0.1, -0.05) is 66.4 Å². The molecule has 3 aromatic carbocycles. The summed E-state index contributed by atoms with van der Waals surface area (Å²) in [5.41, 5.74) is 4.00. The van der Waals surface area contributed by atoms with Gasteiger partial charge in [0.25, 0.3) is 5.91 Å². The largest absolute Gasteiger partial charge is 0.392 e. The summed E-state index contributed by atoms with van der Waals surface area (Å²) in [6.07, 6.45) is -0.218. The number of aromatic nitrogens is 4. The van der Waals surface area contributed by atoms with Gasteiger partial charge in [0.2, 0.25) is 5.16 Å². The zero-order valence-electron chi connectivity index (χ0n) is 20.2. The van der Waals surface area contributed by atoms with E-state index in [1.54, 1.807) is 23.9 Å². The van der Waals surface area contributed by atoms with E-state index < -0.39 is 6.29 Å². The Morgan fingerprint density at radius 2 is 1.76 bits per heavy atom. The second-order valence-electron chi connectivity index (χ2n) is 8.69. The number of thioether (sulfide) groups is 1. The molecule has 1 saturated heterocycles. The summed E-state index contributed by atoms with van der Waals surface area (Å²) in [5, 5.41) is 24.7. The maximum atomic E-state index is 12.5. The number of aryl methyl sites for hydroxylation is 1. The van der Waals surface area contributed by atoms with E-state index >= 15 is 0 Å². The van der Waals surface area contributed by atoms with Crippen LogP contribution in [0.1, 0.15) is 45.9 Å². The van der Waals surface area contributed by atoms with Gasteiger partial charge in [-0.25, -0.2) is 4.68 Å². The molecular formula is C27H27N5O4S. The maximum Gasteiger partial charge on any atom is 0.255 e. The summed E-state index contributed by atoms with van der Waals surface area (Å²) < 4.78 is 14.4. The first kappa shape index (κ1) is 25.1. The minimum absolute atomic E-state index is 0.00427. The molecule has 2 N–H and O–H groups in total. The smallest absolute Gasteiger partial charge is 0.255 e. The number of carbonyl (C=O) groups is 1. The molecule has 4 aromatic rings. The normalized spacial score (nSPS) is 19.5. The van der Waals surface area contributed by atoms with E-state index in [2.05, 4.69) is 20.8 Å². The fourth-order valence-corrected chi connectivity index (χ4v) is 4.92. The number of ether oxygens (including phenoxy) is 2. The number of nitrogens with zero attached hydrogens (tertiary/aromatic N) is 4. The van der Waals surface area contributed by atoms with Crippen LogP contribution in [0.15, 0.2) is 84.0 Å².